The lowest BCUT2D eigenvalue weighted by Crippen LogP contribution is -2.24. The van der Waals surface area contributed by atoms with Crippen LogP contribution in [0.25, 0.3) is 0 Å². The van der Waals surface area contributed by atoms with Crippen molar-refractivity contribution in [2.45, 2.75) is 13.3 Å². The van der Waals surface area contributed by atoms with Crippen molar-refractivity contribution in [3.8, 4) is 12.3 Å². The Balaban J connectivity index is 3.05. The average molecular weight is 154 g/mol. The SMILES string of the molecule is C#CCN(C)CCCNCC. The van der Waals surface area contributed by atoms with E-state index in [0.29, 0.717) is 0 Å². The Bertz CT molecular complexity index is 115. The summed E-state index contributed by atoms with van der Waals surface area (Å²) in [4.78, 5) is 2.15. The number of rotatable bonds is 6. The Morgan fingerprint density at radius 3 is 2.82 bits per heavy atom. The van der Waals surface area contributed by atoms with Crippen LogP contribution >= 0.6 is 0 Å². The number of hydrogen-bond donors (Lipinski definition) is 1. The summed E-state index contributed by atoms with van der Waals surface area (Å²) < 4.78 is 0. The second-order valence-corrected chi connectivity index (χ2v) is 2.65. The number of nitrogens with one attached hydrogen (secondary N) is 1. The van der Waals surface area contributed by atoms with E-state index in [2.05, 4.69) is 23.1 Å². The van der Waals surface area contributed by atoms with Crippen molar-refractivity contribution in [2.24, 2.45) is 0 Å². The van der Waals surface area contributed by atoms with Gasteiger partial charge in [0.2, 0.25) is 0 Å². The molecular weight excluding hydrogens is 136 g/mol. The fraction of sp³-hybridized carbons (Fsp3) is 0.778. The van der Waals surface area contributed by atoms with Gasteiger partial charge in [-0.2, -0.15) is 0 Å². The minimum Gasteiger partial charge on any atom is -0.317 e. The molecule has 2 heteroatoms. The molecule has 1 N–H and O–H groups in total. The Labute approximate surface area is 70.0 Å². The van der Waals surface area contributed by atoms with Crippen molar-refractivity contribution < 1.29 is 0 Å². The standard InChI is InChI=1S/C9H18N2/c1-4-8-11(3)9-6-7-10-5-2/h1,10H,5-9H2,2-3H3. The molecule has 0 bridgehead atoms. The van der Waals surface area contributed by atoms with Crippen LogP contribution in [0.15, 0.2) is 0 Å². The van der Waals surface area contributed by atoms with E-state index in [9.17, 15) is 0 Å². The molecule has 0 aliphatic rings. The van der Waals surface area contributed by atoms with E-state index in [1.807, 2.05) is 7.05 Å². The molecule has 2 nitrogen and oxygen atoms in total. The third-order valence-corrected chi connectivity index (χ3v) is 1.50. The first-order valence-electron chi connectivity index (χ1n) is 4.14. The minimum atomic E-state index is 0.756. The van der Waals surface area contributed by atoms with Crippen LogP contribution in [0, 0.1) is 12.3 Å². The molecule has 0 saturated carbocycles. The summed E-state index contributed by atoms with van der Waals surface area (Å²) in [7, 11) is 2.05. The van der Waals surface area contributed by atoms with Gasteiger partial charge in [0, 0.05) is 0 Å². The van der Waals surface area contributed by atoms with Gasteiger partial charge in [0.05, 0.1) is 6.54 Å². The molecule has 0 rings (SSSR count). The van der Waals surface area contributed by atoms with Crippen LogP contribution in [-0.4, -0.2) is 38.1 Å². The Morgan fingerprint density at radius 1 is 1.55 bits per heavy atom. The summed E-state index contributed by atoms with van der Waals surface area (Å²) >= 11 is 0. The fourth-order valence-corrected chi connectivity index (χ4v) is 0.886. The summed E-state index contributed by atoms with van der Waals surface area (Å²) in [5.41, 5.74) is 0. The van der Waals surface area contributed by atoms with E-state index in [0.717, 1.165) is 26.2 Å². The lowest BCUT2D eigenvalue weighted by Gasteiger charge is -2.12. The van der Waals surface area contributed by atoms with Gasteiger partial charge in [-0.25, -0.2) is 0 Å². The number of nitrogens with zero attached hydrogens (tertiary/aromatic N) is 1. The van der Waals surface area contributed by atoms with Crippen LogP contribution in [0.4, 0.5) is 0 Å². The first-order valence-corrected chi connectivity index (χ1v) is 4.14. The molecule has 0 aromatic carbocycles. The Kier molecular flexibility index (Phi) is 7.23. The molecule has 0 aromatic heterocycles. The lowest BCUT2D eigenvalue weighted by atomic mass is 10.4. The summed E-state index contributed by atoms with van der Waals surface area (Å²) in [5, 5.41) is 3.27. The highest BCUT2D eigenvalue weighted by molar-refractivity contribution is 4.86. The molecular formula is C9H18N2. The summed E-state index contributed by atoms with van der Waals surface area (Å²) in [6.07, 6.45) is 6.33. The maximum Gasteiger partial charge on any atom is 0.0596 e. The highest BCUT2D eigenvalue weighted by atomic mass is 15.1. The molecule has 64 valence electrons. The highest BCUT2D eigenvalue weighted by Gasteiger charge is 1.93. The zero-order valence-electron chi connectivity index (χ0n) is 7.56. The maximum absolute atomic E-state index is 5.15. The van der Waals surface area contributed by atoms with Crippen molar-refractivity contribution >= 4 is 0 Å². The Morgan fingerprint density at radius 2 is 2.27 bits per heavy atom. The van der Waals surface area contributed by atoms with Gasteiger partial charge in [-0.05, 0) is 33.1 Å². The number of hydrogen-bond acceptors (Lipinski definition) is 2. The predicted molar refractivity (Wildman–Crippen MR) is 49.5 cm³/mol. The van der Waals surface area contributed by atoms with E-state index < -0.39 is 0 Å². The van der Waals surface area contributed by atoms with Crippen molar-refractivity contribution in [1.29, 1.82) is 0 Å². The van der Waals surface area contributed by atoms with Crippen LogP contribution in [0.1, 0.15) is 13.3 Å². The van der Waals surface area contributed by atoms with Gasteiger partial charge in [0.25, 0.3) is 0 Å². The third kappa shape index (κ3) is 7.38. The third-order valence-electron chi connectivity index (χ3n) is 1.50. The number of terminal acetylenes is 1. The molecule has 0 radical (unpaired) electrons. The van der Waals surface area contributed by atoms with E-state index in [4.69, 9.17) is 6.42 Å². The molecule has 0 saturated heterocycles. The van der Waals surface area contributed by atoms with Crippen molar-refractivity contribution in [3.63, 3.8) is 0 Å². The van der Waals surface area contributed by atoms with E-state index in [-0.39, 0.29) is 0 Å². The summed E-state index contributed by atoms with van der Waals surface area (Å²) in [6, 6.07) is 0. The van der Waals surface area contributed by atoms with Crippen LogP contribution < -0.4 is 5.32 Å². The molecule has 11 heavy (non-hydrogen) atoms. The zero-order chi connectivity index (χ0) is 8.53. The van der Waals surface area contributed by atoms with E-state index in [1.165, 1.54) is 6.42 Å². The smallest absolute Gasteiger partial charge is 0.0596 e. The monoisotopic (exact) mass is 154 g/mol. The highest BCUT2D eigenvalue weighted by Crippen LogP contribution is 1.83. The summed E-state index contributed by atoms with van der Waals surface area (Å²) in [5.74, 6) is 2.61. The maximum atomic E-state index is 5.15. The van der Waals surface area contributed by atoms with E-state index in [1.54, 1.807) is 0 Å². The minimum absolute atomic E-state index is 0.756. The first kappa shape index (κ1) is 10.5. The normalized spacial score (nSPS) is 10.0. The van der Waals surface area contributed by atoms with Gasteiger partial charge >= 0.3 is 0 Å². The topological polar surface area (TPSA) is 15.3 Å². The van der Waals surface area contributed by atoms with Gasteiger partial charge in [-0.3, -0.25) is 4.90 Å². The molecule has 0 aliphatic carbocycles. The van der Waals surface area contributed by atoms with Crippen molar-refractivity contribution in [3.05, 3.63) is 0 Å². The molecule has 0 aromatic rings. The van der Waals surface area contributed by atoms with Gasteiger partial charge in [0.1, 0.15) is 0 Å². The average Bonchev–Trinajstić information content (AvgIpc) is 1.99. The largest absolute Gasteiger partial charge is 0.317 e. The molecule has 0 fully saturated rings. The fourth-order valence-electron chi connectivity index (χ4n) is 0.886. The predicted octanol–water partition coefficient (Wildman–Crippen LogP) is 0.551. The van der Waals surface area contributed by atoms with Gasteiger partial charge < -0.3 is 5.32 Å². The molecule has 0 heterocycles. The lowest BCUT2D eigenvalue weighted by molar-refractivity contribution is 0.366. The molecule has 0 atom stereocenters. The molecule has 0 amide bonds. The zero-order valence-corrected chi connectivity index (χ0v) is 7.56. The molecule has 0 unspecified atom stereocenters. The van der Waals surface area contributed by atoms with E-state index >= 15 is 0 Å². The first-order chi connectivity index (χ1) is 5.31. The van der Waals surface area contributed by atoms with Crippen LogP contribution in [0.3, 0.4) is 0 Å². The van der Waals surface area contributed by atoms with Crippen LogP contribution in [-0.2, 0) is 0 Å². The van der Waals surface area contributed by atoms with Crippen molar-refractivity contribution in [1.82, 2.24) is 10.2 Å². The van der Waals surface area contributed by atoms with Crippen LogP contribution in [0.5, 0.6) is 0 Å². The molecule has 0 aliphatic heterocycles. The molecule has 0 spiro atoms. The quantitative estimate of drug-likeness (QED) is 0.444. The van der Waals surface area contributed by atoms with Gasteiger partial charge in [-0.1, -0.05) is 12.8 Å². The van der Waals surface area contributed by atoms with Gasteiger partial charge in [0.15, 0.2) is 0 Å². The summed E-state index contributed by atoms with van der Waals surface area (Å²) in [6.45, 7) is 6.10. The van der Waals surface area contributed by atoms with Crippen molar-refractivity contribution in [2.75, 3.05) is 33.2 Å². The second-order valence-electron chi connectivity index (χ2n) is 2.65. The Hall–Kier alpha value is -0.520. The van der Waals surface area contributed by atoms with Crippen LogP contribution in [0.2, 0.25) is 0 Å². The second kappa shape index (κ2) is 7.59. The van der Waals surface area contributed by atoms with Gasteiger partial charge in [-0.15, -0.1) is 6.42 Å².